The first-order valence-corrected chi connectivity index (χ1v) is 6.97. The number of piperidine rings is 1. The smallest absolute Gasteiger partial charge is 0.138 e. The standard InChI is InChI=1S/C10H20N2O4S/c1-2-3-11-10-12-5(4-17-10)6(13)7(14)8(15)9(12)16/h5-11,13-16H,2-4H2,1H3/t5-,6-,7+,8-,9+,10?/m1/s1. The summed E-state index contributed by atoms with van der Waals surface area (Å²) in [6.07, 6.45) is -3.79. The Morgan fingerprint density at radius 3 is 2.53 bits per heavy atom. The summed E-state index contributed by atoms with van der Waals surface area (Å²) in [5.74, 6) is 0.628. The number of hydrogen-bond donors (Lipinski definition) is 5. The molecule has 0 spiro atoms. The van der Waals surface area contributed by atoms with Crippen molar-refractivity contribution in [3.63, 3.8) is 0 Å². The molecule has 6 atom stereocenters. The zero-order valence-corrected chi connectivity index (χ0v) is 10.5. The van der Waals surface area contributed by atoms with E-state index in [0.29, 0.717) is 5.75 Å². The Morgan fingerprint density at radius 1 is 1.18 bits per heavy atom. The van der Waals surface area contributed by atoms with E-state index in [0.717, 1.165) is 13.0 Å². The van der Waals surface area contributed by atoms with E-state index in [1.54, 1.807) is 16.7 Å². The highest BCUT2D eigenvalue weighted by Crippen LogP contribution is 2.36. The van der Waals surface area contributed by atoms with Crippen LogP contribution in [0, 0.1) is 0 Å². The van der Waals surface area contributed by atoms with Gasteiger partial charge in [-0.3, -0.25) is 5.32 Å². The lowest BCUT2D eigenvalue weighted by atomic mass is 9.94. The van der Waals surface area contributed by atoms with E-state index in [1.807, 2.05) is 6.92 Å². The predicted molar refractivity (Wildman–Crippen MR) is 64.2 cm³/mol. The maximum absolute atomic E-state index is 9.96. The summed E-state index contributed by atoms with van der Waals surface area (Å²) in [7, 11) is 0. The number of aliphatic hydroxyl groups is 4. The van der Waals surface area contributed by atoms with Gasteiger partial charge in [0.25, 0.3) is 0 Å². The lowest BCUT2D eigenvalue weighted by molar-refractivity contribution is -0.214. The maximum atomic E-state index is 9.96. The molecule has 2 saturated heterocycles. The Kier molecular flexibility index (Phi) is 4.30. The van der Waals surface area contributed by atoms with Crippen LogP contribution < -0.4 is 5.32 Å². The van der Waals surface area contributed by atoms with Crippen LogP contribution in [0.5, 0.6) is 0 Å². The first kappa shape index (κ1) is 13.5. The van der Waals surface area contributed by atoms with Crippen molar-refractivity contribution in [2.24, 2.45) is 0 Å². The van der Waals surface area contributed by atoms with Gasteiger partial charge in [0.05, 0.1) is 12.1 Å². The quantitative estimate of drug-likeness (QED) is 0.406. The molecule has 0 aromatic heterocycles. The van der Waals surface area contributed by atoms with E-state index in [9.17, 15) is 20.4 Å². The topological polar surface area (TPSA) is 96.2 Å². The summed E-state index contributed by atoms with van der Waals surface area (Å²) in [5, 5.41) is 42.4. The number of rotatable bonds is 3. The van der Waals surface area contributed by atoms with Crippen molar-refractivity contribution in [1.82, 2.24) is 10.2 Å². The van der Waals surface area contributed by atoms with Crippen LogP contribution in [0.4, 0.5) is 0 Å². The number of thioether (sulfide) groups is 1. The summed E-state index contributed by atoms with van der Waals surface area (Å²) in [4.78, 5) is 1.66. The summed E-state index contributed by atoms with van der Waals surface area (Å²) in [6.45, 7) is 2.85. The lowest BCUT2D eigenvalue weighted by Gasteiger charge is -2.45. The third-order valence-corrected chi connectivity index (χ3v) is 4.61. The number of aliphatic hydroxyl groups excluding tert-OH is 4. The molecule has 100 valence electrons. The monoisotopic (exact) mass is 264 g/mol. The van der Waals surface area contributed by atoms with Gasteiger partial charge in [0.2, 0.25) is 0 Å². The molecule has 0 aliphatic carbocycles. The molecular weight excluding hydrogens is 244 g/mol. The zero-order valence-electron chi connectivity index (χ0n) is 9.73. The van der Waals surface area contributed by atoms with E-state index in [4.69, 9.17) is 0 Å². The second-order valence-electron chi connectivity index (χ2n) is 4.54. The largest absolute Gasteiger partial charge is 0.389 e. The molecular formula is C10H20N2O4S. The molecule has 0 amide bonds. The van der Waals surface area contributed by atoms with Crippen molar-refractivity contribution >= 4 is 11.8 Å². The molecule has 6 nitrogen and oxygen atoms in total. The lowest BCUT2D eigenvalue weighted by Crippen LogP contribution is -2.67. The molecule has 7 heteroatoms. The van der Waals surface area contributed by atoms with Crippen LogP contribution in [0.2, 0.25) is 0 Å². The molecule has 0 aromatic rings. The van der Waals surface area contributed by atoms with Crippen LogP contribution in [0.15, 0.2) is 0 Å². The van der Waals surface area contributed by atoms with Crippen molar-refractivity contribution in [2.75, 3.05) is 12.3 Å². The van der Waals surface area contributed by atoms with E-state index in [2.05, 4.69) is 5.32 Å². The molecule has 17 heavy (non-hydrogen) atoms. The molecule has 0 aromatic carbocycles. The van der Waals surface area contributed by atoms with E-state index in [-0.39, 0.29) is 11.5 Å². The van der Waals surface area contributed by atoms with Gasteiger partial charge in [0.1, 0.15) is 23.9 Å². The van der Waals surface area contributed by atoms with Crippen molar-refractivity contribution in [1.29, 1.82) is 0 Å². The third kappa shape index (κ3) is 2.33. The van der Waals surface area contributed by atoms with Crippen LogP contribution in [-0.4, -0.2) is 73.7 Å². The Balaban J connectivity index is 2.09. The molecule has 2 aliphatic rings. The van der Waals surface area contributed by atoms with Gasteiger partial charge in [-0.2, -0.15) is 0 Å². The third-order valence-electron chi connectivity index (χ3n) is 3.35. The molecule has 0 bridgehead atoms. The molecule has 5 N–H and O–H groups in total. The Morgan fingerprint density at radius 2 is 1.88 bits per heavy atom. The Hall–Kier alpha value is 0.110. The zero-order chi connectivity index (χ0) is 12.6. The van der Waals surface area contributed by atoms with Crippen molar-refractivity contribution < 1.29 is 20.4 Å². The second kappa shape index (κ2) is 5.40. The van der Waals surface area contributed by atoms with Crippen molar-refractivity contribution in [2.45, 2.75) is 49.4 Å². The molecule has 2 aliphatic heterocycles. The fourth-order valence-corrected chi connectivity index (χ4v) is 3.80. The van der Waals surface area contributed by atoms with Gasteiger partial charge in [-0.1, -0.05) is 6.92 Å². The van der Waals surface area contributed by atoms with Gasteiger partial charge in [-0.05, 0) is 13.0 Å². The number of nitrogens with zero attached hydrogens (tertiary/aromatic N) is 1. The second-order valence-corrected chi connectivity index (χ2v) is 5.65. The minimum atomic E-state index is -1.33. The average Bonchev–Trinajstić information content (AvgIpc) is 2.75. The van der Waals surface area contributed by atoms with Crippen molar-refractivity contribution in [3.8, 4) is 0 Å². The van der Waals surface area contributed by atoms with Gasteiger partial charge in [0.15, 0.2) is 0 Å². The summed E-state index contributed by atoms with van der Waals surface area (Å²) in [5.41, 5.74) is -0.119. The molecule has 1 unspecified atom stereocenters. The SMILES string of the molecule is CCCNC1SC[C@@H]2[C@@H](O)[C@H](O)[C@@H](O)[C@H](O)N12. The average molecular weight is 264 g/mol. The Bertz CT molecular complexity index is 271. The highest BCUT2D eigenvalue weighted by molar-refractivity contribution is 8.00. The first-order valence-electron chi connectivity index (χ1n) is 5.92. The molecule has 2 fully saturated rings. The molecule has 0 saturated carbocycles. The van der Waals surface area contributed by atoms with Crippen LogP contribution in [0.25, 0.3) is 0 Å². The fourth-order valence-electron chi connectivity index (χ4n) is 2.36. The van der Waals surface area contributed by atoms with Crippen LogP contribution in [0.1, 0.15) is 13.3 Å². The van der Waals surface area contributed by atoms with Gasteiger partial charge in [0, 0.05) is 5.75 Å². The molecule has 2 heterocycles. The summed E-state index contributed by atoms with van der Waals surface area (Å²) >= 11 is 1.57. The number of fused-ring (bicyclic) bond motifs is 1. The minimum absolute atomic E-state index is 0.119. The van der Waals surface area contributed by atoms with Gasteiger partial charge >= 0.3 is 0 Å². The van der Waals surface area contributed by atoms with Gasteiger partial charge in [-0.25, -0.2) is 4.90 Å². The summed E-state index contributed by atoms with van der Waals surface area (Å²) in [6, 6.07) is -0.317. The van der Waals surface area contributed by atoms with Gasteiger partial charge < -0.3 is 20.4 Å². The van der Waals surface area contributed by atoms with E-state index < -0.39 is 24.5 Å². The van der Waals surface area contributed by atoms with E-state index >= 15 is 0 Å². The maximum Gasteiger partial charge on any atom is 0.138 e. The summed E-state index contributed by atoms with van der Waals surface area (Å²) < 4.78 is 0. The minimum Gasteiger partial charge on any atom is -0.389 e. The highest BCUT2D eigenvalue weighted by Gasteiger charge is 2.52. The predicted octanol–water partition coefficient (Wildman–Crippen LogP) is -1.90. The van der Waals surface area contributed by atoms with Crippen LogP contribution in [0.3, 0.4) is 0 Å². The van der Waals surface area contributed by atoms with Gasteiger partial charge in [-0.15, -0.1) is 11.8 Å². The van der Waals surface area contributed by atoms with Crippen molar-refractivity contribution in [3.05, 3.63) is 0 Å². The van der Waals surface area contributed by atoms with Crippen LogP contribution >= 0.6 is 11.8 Å². The number of hydrogen-bond acceptors (Lipinski definition) is 7. The molecule has 2 rings (SSSR count). The fraction of sp³-hybridized carbons (Fsp3) is 1.00. The molecule has 0 radical (unpaired) electrons. The van der Waals surface area contributed by atoms with Crippen LogP contribution in [-0.2, 0) is 0 Å². The highest BCUT2D eigenvalue weighted by atomic mass is 32.2. The number of nitrogens with one attached hydrogen (secondary N) is 1. The first-order chi connectivity index (χ1) is 8.07. The Labute approximate surface area is 105 Å². The van der Waals surface area contributed by atoms with E-state index in [1.165, 1.54) is 0 Å². The normalized spacial score (nSPS) is 47.1.